The quantitative estimate of drug-likeness (QED) is 0.0211. The number of ether oxygens (including phenoxy) is 4. The van der Waals surface area contributed by atoms with Crippen molar-refractivity contribution in [2.45, 2.75) is 283 Å². The Morgan fingerprint density at radius 2 is 0.568 bits per heavy atom. The van der Waals surface area contributed by atoms with Gasteiger partial charge in [0, 0.05) is 12.8 Å². The van der Waals surface area contributed by atoms with Crippen LogP contribution in [0.15, 0.2) is 194 Å². The van der Waals surface area contributed by atoms with E-state index in [1.54, 1.807) is 0 Å². The number of carbonyl (C=O) groups excluding carboxylic acids is 2. The zero-order chi connectivity index (χ0) is 69.0. The first kappa shape index (κ1) is 89.1. The van der Waals surface area contributed by atoms with Crippen molar-refractivity contribution in [3.8, 4) is 0 Å². The molecule has 1 N–H and O–H groups in total. The fraction of sp³-hybridized carbons (Fsp3) is 0.593. The van der Waals surface area contributed by atoms with Crippen molar-refractivity contribution in [2.75, 3.05) is 47.5 Å². The van der Waals surface area contributed by atoms with E-state index in [0.29, 0.717) is 17.4 Å². The minimum Gasteiger partial charge on any atom is -0.477 e. The van der Waals surface area contributed by atoms with Crippen LogP contribution < -0.4 is 0 Å². The SMILES string of the molecule is CC/C=C\C/C=C\C/C=C\C/C=C\C/C=C\C/C=C\C/C=C\C/C=C\CCCCCCCCCCCCCCC(=O)OC(COC(=O)CCCCCCCCCC/C=C\C/C=C\C/C=C\C/C=C\C/C=C\C/C=C\C/C=C\C/C=C\CC)COC(OCC[N+](C)(C)C)C(=O)O. The number of carbonyl (C=O) groups is 3. The second-order valence-electron chi connectivity index (χ2n) is 25.5. The number of unbranched alkanes of at least 4 members (excludes halogenated alkanes) is 20. The van der Waals surface area contributed by atoms with Crippen LogP contribution in [-0.4, -0.2) is 87.4 Å². The molecule has 2 unspecified atom stereocenters. The van der Waals surface area contributed by atoms with Crippen LogP contribution >= 0.6 is 0 Å². The summed E-state index contributed by atoms with van der Waals surface area (Å²) >= 11 is 0. The molecule has 534 valence electrons. The number of hydrogen-bond donors (Lipinski definition) is 1. The summed E-state index contributed by atoms with van der Waals surface area (Å²) in [5.74, 6) is -2.03. The number of nitrogens with zero attached hydrogens (tertiary/aromatic N) is 1. The maximum Gasteiger partial charge on any atom is 0.361 e. The van der Waals surface area contributed by atoms with Gasteiger partial charge >= 0.3 is 17.9 Å². The Bertz CT molecular complexity index is 2270. The highest BCUT2D eigenvalue weighted by molar-refractivity contribution is 5.71. The minimum atomic E-state index is -1.53. The summed E-state index contributed by atoms with van der Waals surface area (Å²) in [7, 11) is 5.97. The average molecular weight is 1310 g/mol. The Morgan fingerprint density at radius 1 is 0.316 bits per heavy atom. The van der Waals surface area contributed by atoms with Gasteiger partial charge in [-0.15, -0.1) is 0 Å². The Labute approximate surface area is 582 Å². The lowest BCUT2D eigenvalue weighted by molar-refractivity contribution is -0.870. The highest BCUT2D eigenvalue weighted by atomic mass is 16.7. The summed E-state index contributed by atoms with van der Waals surface area (Å²) in [5.41, 5.74) is 0. The molecule has 9 heteroatoms. The largest absolute Gasteiger partial charge is 0.477 e. The third-order valence-electron chi connectivity index (χ3n) is 15.3. The lowest BCUT2D eigenvalue weighted by Crippen LogP contribution is -2.40. The van der Waals surface area contributed by atoms with E-state index in [1.165, 1.54) is 77.0 Å². The van der Waals surface area contributed by atoms with E-state index in [0.717, 1.165) is 161 Å². The van der Waals surface area contributed by atoms with Gasteiger partial charge in [-0.05, 0) is 141 Å². The van der Waals surface area contributed by atoms with Crippen molar-refractivity contribution in [1.29, 1.82) is 0 Å². The summed E-state index contributed by atoms with van der Waals surface area (Å²) in [6.07, 6.45) is 111. The average Bonchev–Trinajstić information content (AvgIpc) is 3.75. The van der Waals surface area contributed by atoms with Gasteiger partial charge in [0.25, 0.3) is 6.29 Å². The van der Waals surface area contributed by atoms with E-state index < -0.39 is 24.3 Å². The molecule has 0 bridgehead atoms. The molecule has 0 fully saturated rings. The fourth-order valence-electron chi connectivity index (χ4n) is 9.69. The molecule has 0 saturated carbocycles. The molecule has 0 radical (unpaired) electrons. The van der Waals surface area contributed by atoms with Crippen LogP contribution in [0.1, 0.15) is 271 Å². The molecule has 0 aliphatic heterocycles. The highest BCUT2D eigenvalue weighted by Crippen LogP contribution is 2.16. The van der Waals surface area contributed by atoms with Crippen LogP contribution in [-0.2, 0) is 33.3 Å². The monoisotopic (exact) mass is 1310 g/mol. The van der Waals surface area contributed by atoms with Gasteiger partial charge in [0.1, 0.15) is 13.2 Å². The van der Waals surface area contributed by atoms with Crippen molar-refractivity contribution in [3.05, 3.63) is 194 Å². The molecule has 0 aliphatic rings. The zero-order valence-corrected chi connectivity index (χ0v) is 61.0. The summed E-state index contributed by atoms with van der Waals surface area (Å²) in [6.45, 7) is 4.62. The number of allylic oxidation sites excluding steroid dienone is 32. The summed E-state index contributed by atoms with van der Waals surface area (Å²) < 4.78 is 23.0. The van der Waals surface area contributed by atoms with Gasteiger partial charge in [0.2, 0.25) is 0 Å². The first-order chi connectivity index (χ1) is 46.6. The molecule has 9 nitrogen and oxygen atoms in total. The van der Waals surface area contributed by atoms with Gasteiger partial charge in [-0.25, -0.2) is 4.79 Å². The van der Waals surface area contributed by atoms with Gasteiger partial charge in [-0.3, -0.25) is 9.59 Å². The predicted molar refractivity (Wildman–Crippen MR) is 409 cm³/mol. The van der Waals surface area contributed by atoms with E-state index >= 15 is 0 Å². The normalized spacial score (nSPS) is 13.8. The molecule has 2 atom stereocenters. The summed E-state index contributed by atoms with van der Waals surface area (Å²) in [4.78, 5) is 37.7. The Balaban J connectivity index is 4.18. The highest BCUT2D eigenvalue weighted by Gasteiger charge is 2.25. The third kappa shape index (κ3) is 75.4. The Kier molecular flexibility index (Phi) is 69.4. The molecular formula is C86H138NO8+. The molecule has 0 aromatic rings. The molecule has 0 rings (SSSR count). The second-order valence-corrected chi connectivity index (χ2v) is 25.5. The topological polar surface area (TPSA) is 108 Å². The fourth-order valence-corrected chi connectivity index (χ4v) is 9.69. The Morgan fingerprint density at radius 3 is 0.842 bits per heavy atom. The van der Waals surface area contributed by atoms with Gasteiger partial charge in [0.15, 0.2) is 6.10 Å². The predicted octanol–water partition coefficient (Wildman–Crippen LogP) is 24.1. The molecule has 0 amide bonds. The van der Waals surface area contributed by atoms with E-state index in [2.05, 4.69) is 208 Å². The molecule has 0 heterocycles. The maximum atomic E-state index is 13.0. The number of esters is 2. The van der Waals surface area contributed by atoms with Crippen LogP contribution in [0.5, 0.6) is 0 Å². The zero-order valence-electron chi connectivity index (χ0n) is 61.0. The third-order valence-corrected chi connectivity index (χ3v) is 15.3. The summed E-state index contributed by atoms with van der Waals surface area (Å²) in [6, 6.07) is 0. The van der Waals surface area contributed by atoms with Crippen LogP contribution in [0.25, 0.3) is 0 Å². The number of quaternary nitrogens is 1. The van der Waals surface area contributed by atoms with Gasteiger partial charge < -0.3 is 28.5 Å². The van der Waals surface area contributed by atoms with Crippen LogP contribution in [0.4, 0.5) is 0 Å². The number of carboxylic acids is 1. The van der Waals surface area contributed by atoms with Crippen molar-refractivity contribution in [3.63, 3.8) is 0 Å². The van der Waals surface area contributed by atoms with Crippen LogP contribution in [0, 0.1) is 0 Å². The van der Waals surface area contributed by atoms with E-state index in [4.69, 9.17) is 18.9 Å². The molecule has 95 heavy (non-hydrogen) atoms. The van der Waals surface area contributed by atoms with E-state index in [9.17, 15) is 19.5 Å². The molecule has 0 spiro atoms. The maximum absolute atomic E-state index is 13.0. The minimum absolute atomic E-state index is 0.176. The Hall–Kier alpha value is -5.87. The van der Waals surface area contributed by atoms with Crippen molar-refractivity contribution < 1.29 is 42.9 Å². The van der Waals surface area contributed by atoms with Gasteiger partial charge in [-0.2, -0.15) is 0 Å². The number of rotatable bonds is 67. The standard InChI is InChI=1S/C86H137NO8/c1-6-8-10-12-14-16-18-20-22-24-26-28-30-32-34-36-38-40-41-42-43-45-47-49-51-53-55-57-59-61-63-65-67-69-71-73-75-77-84(89)95-82(81-94-86(85(90)91)92-79-78-87(3,4)5)80-93-83(88)76-74-72-70-68-66-64-62-60-58-56-54-52-50-48-46-44-39-37-35-33-31-29-27-25-23-21-19-17-15-13-11-9-7-2/h8-11,14-17,20-23,26-29,32-35,38-40,42-44,47-50,54,56,82,86H,6-7,12-13,18-19,24-25,30-31,36-37,41,45-46,51-53,55,57-81H2,1-5H3/p+1/b10-8-,11-9-,16-14-,17-15-,22-20-,23-21-,28-26-,29-27-,34-32-,35-33-,40-38-,43-42-,44-39-,49-47-,50-48-,56-54-. The lowest BCUT2D eigenvalue weighted by Gasteiger charge is -2.25. The van der Waals surface area contributed by atoms with Crippen LogP contribution in [0.3, 0.4) is 0 Å². The summed E-state index contributed by atoms with van der Waals surface area (Å²) in [5, 5.41) is 9.77. The second kappa shape index (κ2) is 73.9. The van der Waals surface area contributed by atoms with Gasteiger partial charge in [0.05, 0.1) is 34.4 Å². The number of likely N-dealkylation sites (N-methyl/N-ethyl adjacent to an activating group) is 1. The number of aliphatic carboxylic acids is 1. The van der Waals surface area contributed by atoms with Crippen LogP contribution in [0.2, 0.25) is 0 Å². The van der Waals surface area contributed by atoms with Crippen molar-refractivity contribution in [1.82, 2.24) is 0 Å². The van der Waals surface area contributed by atoms with Crippen molar-refractivity contribution in [2.24, 2.45) is 0 Å². The van der Waals surface area contributed by atoms with Gasteiger partial charge in [-0.1, -0.05) is 311 Å². The number of hydrogen-bond acceptors (Lipinski definition) is 7. The first-order valence-electron chi connectivity index (χ1n) is 37.6. The molecular weight excluding hydrogens is 1170 g/mol. The lowest BCUT2D eigenvalue weighted by atomic mass is 10.0. The van der Waals surface area contributed by atoms with Crippen molar-refractivity contribution >= 4 is 17.9 Å². The number of carboxylic acid groups (broad SMARTS) is 1. The molecule has 0 aliphatic carbocycles. The first-order valence-corrected chi connectivity index (χ1v) is 37.6. The van der Waals surface area contributed by atoms with E-state index in [-0.39, 0.29) is 38.6 Å². The molecule has 0 aromatic heterocycles. The smallest absolute Gasteiger partial charge is 0.361 e. The van der Waals surface area contributed by atoms with E-state index in [1.807, 2.05) is 21.1 Å². The molecule has 0 saturated heterocycles. The molecule has 0 aromatic carbocycles.